The third-order valence-electron chi connectivity index (χ3n) is 6.92. The Morgan fingerprint density at radius 3 is 1.50 bits per heavy atom. The summed E-state index contributed by atoms with van der Waals surface area (Å²) in [5.41, 5.74) is 3.15. The molecule has 5 rings (SSSR count). The van der Waals surface area contributed by atoms with Crippen LogP contribution in [0.2, 0.25) is 0 Å². The molecular weight excluding hydrogens is 522 g/mol. The Bertz CT molecular complexity index is 1340. The first-order chi connectivity index (χ1) is 18.4. The summed E-state index contributed by atoms with van der Waals surface area (Å²) in [6.07, 6.45) is 7.52. The second-order valence-corrected chi connectivity index (χ2v) is 11.5. The third-order valence-corrected chi connectivity index (χ3v) is 9.33. The van der Waals surface area contributed by atoms with E-state index in [2.05, 4.69) is 26.3 Å². The Balaban J connectivity index is 1.38. The minimum Gasteiger partial charge on any atom is -0.355 e. The second kappa shape index (κ2) is 11.0. The number of carbonyl (C=O) groups is 4. The van der Waals surface area contributed by atoms with E-state index in [4.69, 9.17) is 0 Å². The molecule has 11 heteroatoms. The Hall–Kier alpha value is -3.57. The smallest absolute Gasteiger partial charge is 0.274 e. The van der Waals surface area contributed by atoms with Crippen LogP contribution in [0.25, 0.3) is 0 Å². The molecule has 0 aromatic carbocycles. The number of rotatable bonds is 6. The van der Waals surface area contributed by atoms with Crippen LogP contribution in [-0.4, -0.2) is 42.7 Å². The van der Waals surface area contributed by atoms with Gasteiger partial charge in [-0.25, -0.2) is 4.98 Å². The van der Waals surface area contributed by atoms with E-state index in [1.807, 2.05) is 0 Å². The molecule has 0 bridgehead atoms. The lowest BCUT2D eigenvalue weighted by molar-refractivity contribution is 0.0954. The highest BCUT2D eigenvalue weighted by molar-refractivity contribution is 7.17. The maximum Gasteiger partial charge on any atom is 0.274 e. The number of hydrogen-bond acceptors (Lipinski definition) is 7. The van der Waals surface area contributed by atoms with Gasteiger partial charge in [-0.3, -0.25) is 19.2 Å². The van der Waals surface area contributed by atoms with Gasteiger partial charge in [0.25, 0.3) is 23.6 Å². The lowest BCUT2D eigenvalue weighted by atomic mass is 9.95. The number of anilines is 2. The lowest BCUT2D eigenvalue weighted by Gasteiger charge is -2.12. The van der Waals surface area contributed by atoms with Crippen LogP contribution in [0, 0.1) is 0 Å². The summed E-state index contributed by atoms with van der Waals surface area (Å²) >= 11 is 2.85. The summed E-state index contributed by atoms with van der Waals surface area (Å²) in [4.78, 5) is 58.1. The predicted molar refractivity (Wildman–Crippen MR) is 149 cm³/mol. The Labute approximate surface area is 228 Å². The van der Waals surface area contributed by atoms with Crippen molar-refractivity contribution < 1.29 is 19.2 Å². The van der Waals surface area contributed by atoms with E-state index in [1.165, 1.54) is 34.8 Å². The normalized spacial score (nSPS) is 14.2. The number of hydrogen-bond donors (Lipinski definition) is 4. The zero-order valence-corrected chi connectivity index (χ0v) is 22.9. The number of carbonyl (C=O) groups excluding carboxylic acids is 4. The summed E-state index contributed by atoms with van der Waals surface area (Å²) in [6.45, 7) is 0. The molecule has 0 saturated carbocycles. The topological polar surface area (TPSA) is 129 Å². The van der Waals surface area contributed by atoms with Gasteiger partial charge in [0.1, 0.15) is 21.4 Å². The molecule has 38 heavy (non-hydrogen) atoms. The molecule has 4 amide bonds. The van der Waals surface area contributed by atoms with Crippen LogP contribution in [0.4, 0.5) is 10.0 Å². The minimum absolute atomic E-state index is 0.0591. The number of thiophene rings is 2. The van der Waals surface area contributed by atoms with Crippen molar-refractivity contribution in [2.75, 3.05) is 24.7 Å². The summed E-state index contributed by atoms with van der Waals surface area (Å²) in [5, 5.41) is 12.0. The van der Waals surface area contributed by atoms with Gasteiger partial charge in [-0.2, -0.15) is 0 Å². The Morgan fingerprint density at radius 1 is 0.658 bits per heavy atom. The average molecular weight is 552 g/mol. The molecule has 0 aliphatic heterocycles. The average Bonchev–Trinajstić information content (AvgIpc) is 3.49. The van der Waals surface area contributed by atoms with E-state index >= 15 is 0 Å². The van der Waals surface area contributed by atoms with E-state index in [0.29, 0.717) is 21.1 Å². The summed E-state index contributed by atoms with van der Waals surface area (Å²) < 4.78 is 0. The van der Waals surface area contributed by atoms with Gasteiger partial charge in [0.2, 0.25) is 0 Å². The van der Waals surface area contributed by atoms with Gasteiger partial charge in [0, 0.05) is 23.8 Å². The number of nitrogens with zero attached hydrogens (tertiary/aromatic N) is 1. The summed E-state index contributed by atoms with van der Waals surface area (Å²) in [7, 11) is 3.15. The van der Waals surface area contributed by atoms with Crippen molar-refractivity contribution in [1.29, 1.82) is 0 Å². The van der Waals surface area contributed by atoms with Gasteiger partial charge in [-0.05, 0) is 74.6 Å². The molecular formula is C27H29N5O4S2. The lowest BCUT2D eigenvalue weighted by Crippen LogP contribution is -2.23. The van der Waals surface area contributed by atoms with Gasteiger partial charge >= 0.3 is 0 Å². The first-order valence-corrected chi connectivity index (χ1v) is 14.4. The first kappa shape index (κ1) is 26.1. The Kier molecular flexibility index (Phi) is 7.57. The molecule has 0 radical (unpaired) electrons. The van der Waals surface area contributed by atoms with E-state index in [0.717, 1.165) is 72.2 Å². The highest BCUT2D eigenvalue weighted by Crippen LogP contribution is 2.39. The highest BCUT2D eigenvalue weighted by Gasteiger charge is 2.28. The molecule has 4 N–H and O–H groups in total. The summed E-state index contributed by atoms with van der Waals surface area (Å²) in [5.74, 6) is -1.46. The standard InChI is InChI=1S/C27H29N5O4S2/c1-28-24(35)20-14-8-3-5-12-18(14)37-26(20)31-22(33)16-10-7-11-17(30-16)23(34)32-27-21(25(36)29-2)15-9-4-6-13-19(15)38-27/h7,10-11H,3-6,8-9,12-13H2,1-2H3,(H,28,35)(H,29,36)(H,31,33)(H,32,34). The first-order valence-electron chi connectivity index (χ1n) is 12.7. The van der Waals surface area contributed by atoms with Crippen molar-refractivity contribution in [3.8, 4) is 0 Å². The zero-order chi connectivity index (χ0) is 26.8. The number of pyridine rings is 1. The maximum atomic E-state index is 13.2. The van der Waals surface area contributed by atoms with Crippen molar-refractivity contribution in [3.63, 3.8) is 0 Å². The molecule has 0 saturated heterocycles. The van der Waals surface area contributed by atoms with Crippen molar-refractivity contribution >= 4 is 56.3 Å². The zero-order valence-electron chi connectivity index (χ0n) is 21.3. The molecule has 2 aliphatic rings. The van der Waals surface area contributed by atoms with Crippen LogP contribution < -0.4 is 21.3 Å². The van der Waals surface area contributed by atoms with Crippen LogP contribution in [-0.2, 0) is 25.7 Å². The van der Waals surface area contributed by atoms with Gasteiger partial charge < -0.3 is 21.3 Å². The molecule has 0 spiro atoms. The number of fused-ring (bicyclic) bond motifs is 2. The molecule has 9 nitrogen and oxygen atoms in total. The number of nitrogens with one attached hydrogen (secondary N) is 4. The van der Waals surface area contributed by atoms with Gasteiger partial charge in [-0.1, -0.05) is 6.07 Å². The van der Waals surface area contributed by atoms with Crippen molar-refractivity contribution in [2.24, 2.45) is 0 Å². The van der Waals surface area contributed by atoms with Crippen molar-refractivity contribution in [1.82, 2.24) is 15.6 Å². The van der Waals surface area contributed by atoms with E-state index in [-0.39, 0.29) is 23.2 Å². The number of aryl methyl sites for hydroxylation is 2. The van der Waals surface area contributed by atoms with Crippen LogP contribution in [0.3, 0.4) is 0 Å². The molecule has 0 atom stereocenters. The fourth-order valence-corrected chi connectivity index (χ4v) is 7.62. The van der Waals surface area contributed by atoms with Gasteiger partial charge in [0.15, 0.2) is 0 Å². The van der Waals surface area contributed by atoms with Crippen LogP contribution in [0.1, 0.15) is 88.3 Å². The third kappa shape index (κ3) is 4.95. The molecule has 0 fully saturated rings. The second-order valence-electron chi connectivity index (χ2n) is 9.30. The van der Waals surface area contributed by atoms with E-state index in [9.17, 15) is 19.2 Å². The van der Waals surface area contributed by atoms with E-state index < -0.39 is 11.8 Å². The quantitative estimate of drug-likeness (QED) is 0.365. The number of amides is 4. The molecule has 0 unspecified atom stereocenters. The van der Waals surface area contributed by atoms with Crippen LogP contribution in [0.15, 0.2) is 18.2 Å². The monoisotopic (exact) mass is 551 g/mol. The van der Waals surface area contributed by atoms with E-state index in [1.54, 1.807) is 20.2 Å². The molecule has 3 heterocycles. The molecule has 3 aromatic rings. The van der Waals surface area contributed by atoms with Gasteiger partial charge in [0.05, 0.1) is 11.1 Å². The molecule has 198 valence electrons. The minimum atomic E-state index is -0.499. The van der Waals surface area contributed by atoms with Crippen LogP contribution in [0.5, 0.6) is 0 Å². The van der Waals surface area contributed by atoms with Crippen molar-refractivity contribution in [2.45, 2.75) is 51.4 Å². The fourth-order valence-electron chi connectivity index (χ4n) is 5.06. The predicted octanol–water partition coefficient (Wildman–Crippen LogP) is 4.19. The van der Waals surface area contributed by atoms with Gasteiger partial charge in [-0.15, -0.1) is 22.7 Å². The fraction of sp³-hybridized carbons (Fsp3) is 0.370. The molecule has 3 aromatic heterocycles. The van der Waals surface area contributed by atoms with Crippen molar-refractivity contribution in [3.05, 3.63) is 61.6 Å². The molecule has 2 aliphatic carbocycles. The largest absolute Gasteiger partial charge is 0.355 e. The maximum absolute atomic E-state index is 13.2. The highest BCUT2D eigenvalue weighted by atomic mass is 32.1. The summed E-state index contributed by atoms with van der Waals surface area (Å²) in [6, 6.07) is 4.65. The number of aromatic nitrogens is 1. The SMILES string of the molecule is CNC(=O)c1c(NC(=O)c2cccc(C(=O)Nc3sc4c(c3C(=O)NC)CCCC4)n2)sc2c1CCCC2. The van der Waals surface area contributed by atoms with Crippen LogP contribution >= 0.6 is 22.7 Å². The Morgan fingerprint density at radius 2 is 1.08 bits per heavy atom.